The van der Waals surface area contributed by atoms with Gasteiger partial charge in [0.25, 0.3) is 6.49 Å². The van der Waals surface area contributed by atoms with Gasteiger partial charge in [-0.05, 0) is 16.4 Å². The van der Waals surface area contributed by atoms with Gasteiger partial charge < -0.3 is 4.89 Å². The molecule has 1 N–H and O–H groups in total. The van der Waals surface area contributed by atoms with Crippen molar-refractivity contribution in [3.05, 3.63) is 29.1 Å². The van der Waals surface area contributed by atoms with E-state index in [1.807, 2.05) is 0 Å². The van der Waals surface area contributed by atoms with Crippen molar-refractivity contribution in [2.45, 2.75) is 0 Å². The molecule has 0 saturated carbocycles. The zero-order chi connectivity index (χ0) is 14.2. The number of rotatable bonds is 3. The van der Waals surface area contributed by atoms with E-state index in [0.717, 1.165) is 0 Å². The van der Waals surface area contributed by atoms with Crippen LogP contribution in [0.2, 0.25) is 0 Å². The molecule has 1 aromatic rings. The Morgan fingerprint density at radius 1 is 1.06 bits per heavy atom. The van der Waals surface area contributed by atoms with Crippen molar-refractivity contribution in [2.75, 3.05) is 0 Å². The minimum absolute atomic E-state index is 1.72. The molecule has 0 aliphatic heterocycles. The Balaban J connectivity index is 3.61. The average molecular weight is 343 g/mol. The van der Waals surface area contributed by atoms with Crippen molar-refractivity contribution in [2.24, 2.45) is 0 Å². The maximum atomic E-state index is 13.2. The summed E-state index contributed by atoms with van der Waals surface area (Å²) in [6.07, 6.45) is 0. The van der Waals surface area contributed by atoms with Crippen LogP contribution < -0.4 is 5.30 Å². The molecule has 0 fully saturated rings. The van der Waals surface area contributed by atoms with Crippen molar-refractivity contribution in [3.8, 4) is 0 Å². The molecule has 2 atom stereocenters. The summed E-state index contributed by atoms with van der Waals surface area (Å²) in [5, 5.41) is -1.72. The first-order valence-corrected chi connectivity index (χ1v) is 8.80. The highest BCUT2D eigenvalue weighted by Gasteiger charge is 2.39. The van der Waals surface area contributed by atoms with E-state index in [1.165, 1.54) is 0 Å². The second-order valence-electron chi connectivity index (χ2n) is 2.76. The van der Waals surface area contributed by atoms with Crippen LogP contribution in [0.15, 0.2) is 0 Å². The predicted octanol–water partition coefficient (Wildman–Crippen LogP) is 2.91. The van der Waals surface area contributed by atoms with E-state index in [0.29, 0.717) is 0 Å². The van der Waals surface area contributed by atoms with Gasteiger partial charge in [-0.2, -0.15) is 0 Å². The second kappa shape index (κ2) is 5.48. The minimum atomic E-state index is -4.67. The maximum absolute atomic E-state index is 13.2. The van der Waals surface area contributed by atoms with Crippen molar-refractivity contribution in [3.63, 3.8) is 0 Å². The van der Waals surface area contributed by atoms with Gasteiger partial charge in [0, 0.05) is 0 Å². The molecule has 0 aliphatic rings. The lowest BCUT2D eigenvalue weighted by molar-refractivity contribution is 0.381. The zero-order valence-electron chi connectivity index (χ0n) is 7.90. The summed E-state index contributed by atoms with van der Waals surface area (Å²) in [6, 6.07) is 0. The number of hydrogen-bond donors (Lipinski definition) is 2. The molecule has 12 heteroatoms. The van der Waals surface area contributed by atoms with Crippen LogP contribution in [0.1, 0.15) is 0 Å². The van der Waals surface area contributed by atoms with Gasteiger partial charge in [-0.1, -0.05) is 4.31 Å². The summed E-state index contributed by atoms with van der Waals surface area (Å²) >= 11 is 7.36. The molecule has 0 bridgehead atoms. The fourth-order valence-corrected chi connectivity index (χ4v) is 5.18. The smallest absolute Gasteiger partial charge is 0.339 e. The monoisotopic (exact) mass is 343 g/mol. The van der Waals surface area contributed by atoms with Crippen LogP contribution in [0.4, 0.5) is 22.0 Å². The van der Waals surface area contributed by atoms with Crippen molar-refractivity contribution in [1.29, 1.82) is 0 Å². The average Bonchev–Trinajstić information content (AvgIpc) is 2.21. The molecule has 0 amide bonds. The van der Waals surface area contributed by atoms with Crippen molar-refractivity contribution in [1.82, 2.24) is 0 Å². The van der Waals surface area contributed by atoms with Crippen LogP contribution >= 0.6 is 26.0 Å². The third-order valence-electron chi connectivity index (χ3n) is 1.65. The second-order valence-corrected chi connectivity index (χ2v) is 7.84. The Labute approximate surface area is 108 Å². The topological polar surface area (TPSA) is 46.5 Å². The van der Waals surface area contributed by atoms with Crippen LogP contribution in [0.3, 0.4) is 0 Å². The van der Waals surface area contributed by atoms with E-state index >= 15 is 0 Å². The Kier molecular flexibility index (Phi) is 4.86. The predicted molar refractivity (Wildman–Crippen MR) is 60.0 cm³/mol. The summed E-state index contributed by atoms with van der Waals surface area (Å²) in [6.45, 7) is -4.67. The largest absolute Gasteiger partial charge is 0.588 e. The molecule has 0 radical (unpaired) electrons. The van der Waals surface area contributed by atoms with E-state index in [9.17, 15) is 31.4 Å². The van der Waals surface area contributed by atoms with Crippen molar-refractivity contribution >= 4 is 43.1 Å². The van der Waals surface area contributed by atoms with Crippen LogP contribution in [0.25, 0.3) is 0 Å². The Morgan fingerprint density at radius 3 is 1.72 bits per heavy atom. The number of thiol groups is 1. The lowest BCUT2D eigenvalue weighted by Gasteiger charge is -2.11. The van der Waals surface area contributed by atoms with Gasteiger partial charge >= 0.3 is 7.23 Å². The van der Waals surface area contributed by atoms with Crippen LogP contribution in [-0.4, -0.2) is 4.89 Å². The normalized spacial score (nSPS) is 15.4. The first-order valence-electron chi connectivity index (χ1n) is 3.80. The summed E-state index contributed by atoms with van der Waals surface area (Å²) in [7, 11) is -2.90. The summed E-state index contributed by atoms with van der Waals surface area (Å²) in [5.74, 6) is -11.6. The molecule has 18 heavy (non-hydrogen) atoms. The molecule has 0 saturated heterocycles. The molecule has 0 heterocycles. The fourth-order valence-electron chi connectivity index (χ4n) is 0.977. The Morgan fingerprint density at radius 2 is 1.39 bits per heavy atom. The molecular formula is C6H2F5O3P2S2+. The quantitative estimate of drug-likeness (QED) is 0.291. The molecule has 100 valence electrons. The Hall–Kier alpha value is -0.110. The molecule has 0 aromatic heterocycles. The summed E-state index contributed by atoms with van der Waals surface area (Å²) in [5.41, 5.74) is 0. The third-order valence-corrected chi connectivity index (χ3v) is 5.86. The van der Waals surface area contributed by atoms with Gasteiger partial charge in [0.15, 0.2) is 23.3 Å². The number of benzene rings is 1. The molecule has 1 rings (SSSR count). The number of hydrogen-bond acceptors (Lipinski definition) is 3. The Bertz CT molecular complexity index is 552. The number of halogens is 5. The van der Waals surface area contributed by atoms with Gasteiger partial charge in [0.05, 0.1) is 0 Å². The van der Waals surface area contributed by atoms with E-state index < -0.39 is 48.1 Å². The van der Waals surface area contributed by atoms with E-state index in [4.69, 9.17) is 0 Å². The van der Waals surface area contributed by atoms with Crippen LogP contribution in [0, 0.1) is 29.1 Å². The molecule has 1 aromatic carbocycles. The van der Waals surface area contributed by atoms with E-state index in [2.05, 4.69) is 28.4 Å². The minimum Gasteiger partial charge on any atom is -0.339 e. The molecule has 2 unspecified atom stereocenters. The SMILES string of the molecule is O=[P+](S)OP(O)(=S)c1c(F)c(F)c(F)c(F)c1F. The molecular weight excluding hydrogens is 341 g/mol. The lowest BCUT2D eigenvalue weighted by Crippen LogP contribution is -2.21. The van der Waals surface area contributed by atoms with Crippen molar-refractivity contribution < 1.29 is 35.7 Å². The zero-order valence-corrected chi connectivity index (χ0v) is 11.4. The molecule has 3 nitrogen and oxygen atoms in total. The van der Waals surface area contributed by atoms with Crippen LogP contribution in [-0.2, 0) is 20.7 Å². The van der Waals surface area contributed by atoms with Gasteiger partial charge in [-0.3, -0.25) is 0 Å². The van der Waals surface area contributed by atoms with E-state index in [-0.39, 0.29) is 0 Å². The van der Waals surface area contributed by atoms with Gasteiger partial charge in [0.1, 0.15) is 17.6 Å². The standard InChI is InChI=1S/C6HF5O3P2S2/c7-1-2(8)4(10)6(5(11)3(1)9)16(13,18)14-15(12)17/h(H-,12,13,17,18)/p+1. The van der Waals surface area contributed by atoms with Gasteiger partial charge in [-0.25, -0.2) is 22.0 Å². The van der Waals surface area contributed by atoms with Gasteiger partial charge in [-0.15, -0.1) is 0 Å². The summed E-state index contributed by atoms with van der Waals surface area (Å²) < 4.78 is 79.4. The molecule has 0 spiro atoms. The highest BCUT2D eigenvalue weighted by molar-refractivity contribution is 8.40. The summed E-state index contributed by atoms with van der Waals surface area (Å²) in [4.78, 5) is 9.39. The maximum Gasteiger partial charge on any atom is 0.588 e. The van der Waals surface area contributed by atoms with Gasteiger partial charge in [0.2, 0.25) is 5.82 Å². The van der Waals surface area contributed by atoms with Crippen LogP contribution in [0.5, 0.6) is 0 Å². The lowest BCUT2D eigenvalue weighted by atomic mass is 10.3. The molecule has 0 aliphatic carbocycles. The highest BCUT2D eigenvalue weighted by Crippen LogP contribution is 2.53. The third kappa shape index (κ3) is 2.89. The first-order chi connectivity index (χ1) is 8.09. The fraction of sp³-hybridized carbons (Fsp3) is 0. The van der Waals surface area contributed by atoms with E-state index in [1.54, 1.807) is 0 Å². The highest BCUT2D eigenvalue weighted by atomic mass is 32.7. The first kappa shape index (κ1) is 15.9.